The van der Waals surface area contributed by atoms with Crippen molar-refractivity contribution in [2.45, 2.75) is 105 Å². The number of ether oxygens (including phenoxy) is 3. The van der Waals surface area contributed by atoms with Crippen molar-refractivity contribution in [2.24, 2.45) is 11.8 Å². The molecule has 0 N–H and O–H groups in total. The predicted molar refractivity (Wildman–Crippen MR) is 141 cm³/mol. The van der Waals surface area contributed by atoms with Gasteiger partial charge in [0.2, 0.25) is 0 Å². The molecule has 1 fully saturated rings. The Balaban J connectivity index is 3.92. The summed E-state index contributed by atoms with van der Waals surface area (Å²) < 4.78 is 63.7. The van der Waals surface area contributed by atoms with Crippen LogP contribution in [0.3, 0.4) is 0 Å². The van der Waals surface area contributed by atoms with Crippen molar-refractivity contribution in [1.29, 1.82) is 0 Å². The molecule has 0 bridgehead atoms. The molecule has 12 heteroatoms. The zero-order chi connectivity index (χ0) is 35.4. The molecule has 0 saturated carbocycles. The van der Waals surface area contributed by atoms with Gasteiger partial charge in [0.05, 0.1) is 0 Å². The molecule has 8 atom stereocenters. The van der Waals surface area contributed by atoms with Gasteiger partial charge < -0.3 is 28.9 Å². The molecule has 0 radical (unpaired) electrons. The van der Waals surface area contributed by atoms with Crippen molar-refractivity contribution in [2.75, 3.05) is 21.0 Å². The third-order valence-electron chi connectivity index (χ3n) is 7.02. The summed E-state index contributed by atoms with van der Waals surface area (Å²) in [5.41, 5.74) is 0. The molecule has 1 saturated heterocycles. The van der Waals surface area contributed by atoms with Crippen LogP contribution in [0.25, 0.3) is 0 Å². The van der Waals surface area contributed by atoms with Crippen LogP contribution in [-0.4, -0.2) is 108 Å². The van der Waals surface area contributed by atoms with E-state index in [9.17, 15) is 28.8 Å². The van der Waals surface area contributed by atoms with Gasteiger partial charge in [0.1, 0.15) is 18.1 Å². The molecule has 0 aromatic carbocycles. The third-order valence-corrected chi connectivity index (χ3v) is 7.02. The second kappa shape index (κ2) is 14.3. The van der Waals surface area contributed by atoms with Crippen molar-refractivity contribution >= 4 is 35.6 Å². The van der Waals surface area contributed by atoms with Gasteiger partial charge in [-0.15, -0.1) is 0 Å². The maximum absolute atomic E-state index is 13.6. The molecular formula is C27H45N3O9. The average molecular weight is 568 g/mol. The van der Waals surface area contributed by atoms with Crippen LogP contribution in [0.1, 0.15) is 76.5 Å². The van der Waals surface area contributed by atoms with Gasteiger partial charge in [0, 0.05) is 29.2 Å². The van der Waals surface area contributed by atoms with E-state index in [1.54, 1.807) is 20.8 Å². The molecule has 0 spiro atoms. The number of hydrogen-bond donors (Lipinski definition) is 0. The van der Waals surface area contributed by atoms with Crippen LogP contribution in [-0.2, 0) is 43.0 Å². The molecule has 0 aromatic heterocycles. The highest BCUT2D eigenvalue weighted by molar-refractivity contribution is 5.93. The fraction of sp³-hybridized carbons (Fsp3) is 0.778. The van der Waals surface area contributed by atoms with Gasteiger partial charge in [-0.25, -0.2) is 14.4 Å². The van der Waals surface area contributed by atoms with Crippen LogP contribution in [0.4, 0.5) is 0 Å². The zero-order valence-electron chi connectivity index (χ0n) is 30.0. The molecular weight excluding hydrogens is 510 g/mol. The summed E-state index contributed by atoms with van der Waals surface area (Å²) in [5, 5.41) is 0. The van der Waals surface area contributed by atoms with E-state index in [2.05, 4.69) is 0 Å². The molecule has 3 amide bonds. The summed E-state index contributed by atoms with van der Waals surface area (Å²) >= 11 is 0. The normalized spacial score (nSPS) is 33.6. The maximum Gasteiger partial charge on any atom is 0.329 e. The Morgan fingerprint density at radius 2 is 0.974 bits per heavy atom. The molecule has 0 aromatic rings. The lowest BCUT2D eigenvalue weighted by molar-refractivity contribution is -0.176. The Morgan fingerprint density at radius 3 is 1.36 bits per heavy atom. The van der Waals surface area contributed by atoms with E-state index in [0.29, 0.717) is 6.42 Å². The third kappa shape index (κ3) is 7.92. The number of hydrogen-bond acceptors (Lipinski definition) is 9. The van der Waals surface area contributed by atoms with Crippen molar-refractivity contribution in [3.05, 3.63) is 0 Å². The monoisotopic (exact) mass is 567 g/mol. The summed E-state index contributed by atoms with van der Waals surface area (Å²) in [4.78, 5) is 81.7. The van der Waals surface area contributed by atoms with Crippen LogP contribution in [0.2, 0.25) is 0 Å². The zero-order valence-corrected chi connectivity index (χ0v) is 24.0. The lowest BCUT2D eigenvalue weighted by Gasteiger charge is -2.35. The number of nitrogens with zero attached hydrogens (tertiary/aromatic N) is 3. The van der Waals surface area contributed by atoms with Crippen molar-refractivity contribution in [3.8, 4) is 0 Å². The second-order valence-electron chi connectivity index (χ2n) is 9.94. The van der Waals surface area contributed by atoms with Gasteiger partial charge in [0.25, 0.3) is 17.7 Å². The van der Waals surface area contributed by atoms with Gasteiger partial charge in [-0.05, 0) is 39.5 Å². The van der Waals surface area contributed by atoms with E-state index in [1.807, 2.05) is 0 Å². The lowest BCUT2D eigenvalue weighted by Crippen LogP contribution is -2.55. The Kier molecular flexibility index (Phi) is 9.09. The first-order valence-electron chi connectivity index (χ1n) is 16.0. The second-order valence-corrected chi connectivity index (χ2v) is 9.94. The number of rotatable bonds is 4. The number of cyclic esters (lactones) is 3. The quantitative estimate of drug-likeness (QED) is 0.364. The molecule has 1 aliphatic rings. The van der Waals surface area contributed by atoms with E-state index in [1.165, 1.54) is 20.9 Å². The Labute approximate surface area is 239 Å². The molecule has 1 heterocycles. The molecule has 222 valence electrons. The van der Waals surface area contributed by atoms with E-state index in [0.717, 1.165) is 25.7 Å². The number of likely N-dealkylation sites (N-methyl/N-ethyl adjacent to an activating group) is 3. The van der Waals surface area contributed by atoms with Crippen molar-refractivity contribution in [1.82, 2.24) is 14.7 Å². The van der Waals surface area contributed by atoms with Gasteiger partial charge >= 0.3 is 17.9 Å². The number of carbonyl (C=O) groups is 6. The molecule has 1 rings (SSSR count). The number of carbonyl (C=O) groups excluding carboxylic acids is 6. The fourth-order valence-corrected chi connectivity index (χ4v) is 3.97. The Morgan fingerprint density at radius 1 is 0.641 bits per heavy atom. The largest absolute Gasteiger partial charge is 0.451 e. The first-order chi connectivity index (χ1) is 20.4. The Bertz CT molecular complexity index is 1130. The summed E-state index contributed by atoms with van der Waals surface area (Å²) in [5.74, 6) is -8.58. The Hall–Kier alpha value is -3.18. The first kappa shape index (κ1) is 24.8. The molecule has 1 aliphatic heterocycles. The average Bonchev–Trinajstić information content (AvgIpc) is 2.92. The van der Waals surface area contributed by atoms with Crippen molar-refractivity contribution < 1.29 is 51.2 Å². The highest BCUT2D eigenvalue weighted by Crippen LogP contribution is 2.21. The van der Waals surface area contributed by atoms with Crippen molar-refractivity contribution in [3.63, 3.8) is 0 Å². The first-order valence-corrected chi connectivity index (χ1v) is 13.0. The summed E-state index contributed by atoms with van der Waals surface area (Å²) in [6.45, 7) is 4.26. The fourth-order valence-electron chi connectivity index (χ4n) is 3.97. The summed E-state index contributed by atoms with van der Waals surface area (Å²) in [6, 6.07) is -4.97. The summed E-state index contributed by atoms with van der Waals surface area (Å²) in [7, 11) is 1.24. The topological polar surface area (TPSA) is 140 Å². The standard InChI is InChI=1S/C27H45N3O9/c1-12-14(3)20-26(35)38-17(6)22(31)28(9)16(5)25(34)37-18(7)23(32)29(10)21(15(4)13-2)27(36)39-19(8)24(33)30(20)11/h14-21H,12-13H2,1-11H3/t14-,15-,16-,17+,18+,19+,20-,21-/m0/s1/i9T3,10T3. The van der Waals surface area contributed by atoms with Crippen LogP contribution in [0, 0.1) is 11.8 Å². The van der Waals surface area contributed by atoms with Crippen LogP contribution < -0.4 is 0 Å². The van der Waals surface area contributed by atoms with Crippen LogP contribution in [0.15, 0.2) is 0 Å². The minimum Gasteiger partial charge on any atom is -0.451 e. The molecule has 39 heavy (non-hydrogen) atoms. The van der Waals surface area contributed by atoms with Crippen LogP contribution >= 0.6 is 0 Å². The SMILES string of the molecule is [3H]C([3H])([3H])N1C(=O)[C@@H](C)OC(=O)[C@H](C)N(C([3H])([3H])[3H])C(=O)[C@@H](C)OC(=O)[C@H]([C@@H](C)CC)N(C)C(=O)[C@@H](C)OC(=O)[C@@H]1[C@@H](C)CC. The maximum atomic E-state index is 13.6. The van der Waals surface area contributed by atoms with Gasteiger partial charge in [-0.3, -0.25) is 14.4 Å². The summed E-state index contributed by atoms with van der Waals surface area (Å²) in [6.07, 6.45) is -4.66. The van der Waals surface area contributed by atoms with Gasteiger partial charge in [-0.1, -0.05) is 40.5 Å². The molecule has 12 nitrogen and oxygen atoms in total. The van der Waals surface area contributed by atoms with Gasteiger partial charge in [0.15, 0.2) is 18.3 Å². The minimum atomic E-state index is -3.26. The van der Waals surface area contributed by atoms with E-state index in [-0.39, 0.29) is 16.2 Å². The highest BCUT2D eigenvalue weighted by atomic mass is 16.6. The van der Waals surface area contributed by atoms with Gasteiger partial charge in [-0.2, -0.15) is 0 Å². The smallest absolute Gasteiger partial charge is 0.329 e. The number of amides is 3. The number of esters is 3. The minimum absolute atomic E-state index is 0.156. The van der Waals surface area contributed by atoms with Crippen LogP contribution in [0.5, 0.6) is 0 Å². The lowest BCUT2D eigenvalue weighted by atomic mass is 9.97. The van der Waals surface area contributed by atoms with E-state index >= 15 is 0 Å². The highest BCUT2D eigenvalue weighted by Gasteiger charge is 2.41. The molecule has 0 aliphatic carbocycles. The predicted octanol–water partition coefficient (Wildman–Crippen LogP) is 1.39. The van der Waals surface area contributed by atoms with E-state index in [4.69, 9.17) is 22.4 Å². The molecule has 0 unspecified atom stereocenters. The van der Waals surface area contributed by atoms with E-state index < -0.39 is 97.9 Å².